The Kier molecular flexibility index (Phi) is 7.20. The Hall–Kier alpha value is -4.14. The van der Waals surface area contributed by atoms with E-state index in [9.17, 15) is 14.4 Å². The van der Waals surface area contributed by atoms with Crippen LogP contribution in [0.25, 0.3) is 21.9 Å². The van der Waals surface area contributed by atoms with Crippen LogP contribution in [0.5, 0.6) is 0 Å². The first-order valence-electron chi connectivity index (χ1n) is 12.8. The monoisotopic (exact) mass is 501 g/mol. The van der Waals surface area contributed by atoms with Crippen molar-refractivity contribution < 1.29 is 14.7 Å². The SMILES string of the molecule is O=C(O)CCc1cc(=O)n(CC(=O)NCC2CCC(Nc3nc4ccccc4[nH]3)CC2)c2ccccc12. The van der Waals surface area contributed by atoms with E-state index in [2.05, 4.69) is 20.6 Å². The number of aryl methyl sites for hydroxylation is 1. The van der Waals surface area contributed by atoms with Crippen molar-refractivity contribution in [3.8, 4) is 0 Å². The number of fused-ring (bicyclic) bond motifs is 2. The number of nitrogens with one attached hydrogen (secondary N) is 3. The van der Waals surface area contributed by atoms with Gasteiger partial charge in [-0.2, -0.15) is 0 Å². The van der Waals surface area contributed by atoms with Crippen LogP contribution in [0, 0.1) is 5.92 Å². The molecule has 0 saturated heterocycles. The highest BCUT2D eigenvalue weighted by molar-refractivity contribution is 5.85. The molecule has 1 saturated carbocycles. The zero-order chi connectivity index (χ0) is 25.8. The van der Waals surface area contributed by atoms with Crippen LogP contribution in [0.15, 0.2) is 59.4 Å². The van der Waals surface area contributed by atoms with Gasteiger partial charge in [0.15, 0.2) is 0 Å². The molecule has 4 aromatic rings. The van der Waals surface area contributed by atoms with Crippen molar-refractivity contribution in [2.45, 2.75) is 51.1 Å². The zero-order valence-corrected chi connectivity index (χ0v) is 20.6. The Morgan fingerprint density at radius 1 is 1.05 bits per heavy atom. The van der Waals surface area contributed by atoms with E-state index in [0.717, 1.165) is 48.1 Å². The lowest BCUT2D eigenvalue weighted by atomic mass is 9.86. The van der Waals surface area contributed by atoms with Gasteiger partial charge in [0.05, 0.1) is 16.6 Å². The average molecular weight is 502 g/mol. The molecule has 2 heterocycles. The summed E-state index contributed by atoms with van der Waals surface area (Å²) in [6.45, 7) is 0.515. The molecule has 0 atom stereocenters. The topological polar surface area (TPSA) is 129 Å². The van der Waals surface area contributed by atoms with Gasteiger partial charge in [-0.25, -0.2) is 4.98 Å². The van der Waals surface area contributed by atoms with E-state index in [1.165, 1.54) is 10.6 Å². The molecule has 9 nitrogen and oxygen atoms in total. The lowest BCUT2D eigenvalue weighted by Crippen LogP contribution is -2.37. The molecule has 37 heavy (non-hydrogen) atoms. The van der Waals surface area contributed by atoms with Crippen molar-refractivity contribution in [2.75, 3.05) is 11.9 Å². The van der Waals surface area contributed by atoms with Crippen LogP contribution >= 0.6 is 0 Å². The number of para-hydroxylation sites is 3. The fourth-order valence-corrected chi connectivity index (χ4v) is 5.20. The molecule has 1 aliphatic rings. The number of hydrogen-bond donors (Lipinski definition) is 4. The van der Waals surface area contributed by atoms with Gasteiger partial charge < -0.3 is 20.7 Å². The molecule has 0 spiro atoms. The number of aliphatic carboxylic acids is 1. The highest BCUT2D eigenvalue weighted by atomic mass is 16.4. The van der Waals surface area contributed by atoms with E-state index >= 15 is 0 Å². The minimum Gasteiger partial charge on any atom is -0.481 e. The van der Waals surface area contributed by atoms with Gasteiger partial charge in [-0.15, -0.1) is 0 Å². The van der Waals surface area contributed by atoms with Gasteiger partial charge >= 0.3 is 5.97 Å². The average Bonchev–Trinajstić information content (AvgIpc) is 3.31. The van der Waals surface area contributed by atoms with Gasteiger partial charge in [0.2, 0.25) is 11.9 Å². The van der Waals surface area contributed by atoms with E-state index in [1.807, 2.05) is 42.5 Å². The molecule has 0 aliphatic heterocycles. The van der Waals surface area contributed by atoms with Gasteiger partial charge in [-0.05, 0) is 61.8 Å². The van der Waals surface area contributed by atoms with Gasteiger partial charge in [-0.3, -0.25) is 19.0 Å². The zero-order valence-electron chi connectivity index (χ0n) is 20.6. The molecule has 1 fully saturated rings. The summed E-state index contributed by atoms with van der Waals surface area (Å²) in [4.78, 5) is 44.5. The molecule has 0 unspecified atom stereocenters. The van der Waals surface area contributed by atoms with E-state index in [1.54, 1.807) is 6.07 Å². The standard InChI is InChI=1S/C28H31N5O4/c34-25(17-33-24-8-4-1-5-21(24)19(15-26(33)35)11-14-27(36)37)29-16-18-9-12-20(13-10-18)30-28-31-22-6-2-3-7-23(22)32-28/h1-8,15,18,20H,9-14,16-17H2,(H,29,34)(H,36,37)(H2,30,31,32). The Morgan fingerprint density at radius 2 is 1.81 bits per heavy atom. The van der Waals surface area contributed by atoms with Crippen molar-refractivity contribution in [3.05, 3.63) is 70.5 Å². The van der Waals surface area contributed by atoms with Crippen LogP contribution in [-0.4, -0.2) is 44.1 Å². The first-order chi connectivity index (χ1) is 18.0. The summed E-state index contributed by atoms with van der Waals surface area (Å²) in [6.07, 6.45) is 4.22. The molecule has 0 bridgehead atoms. The number of nitrogens with zero attached hydrogens (tertiary/aromatic N) is 2. The normalized spacial score (nSPS) is 17.6. The summed E-state index contributed by atoms with van der Waals surface area (Å²) in [6, 6.07) is 17.1. The van der Waals surface area contributed by atoms with Crippen LogP contribution in [0.3, 0.4) is 0 Å². The number of aromatic amines is 1. The number of H-pyrrole nitrogens is 1. The Bertz CT molecular complexity index is 1450. The third kappa shape index (κ3) is 5.82. The number of carboxylic acids is 1. The number of anilines is 1. The first-order valence-corrected chi connectivity index (χ1v) is 12.8. The quantitative estimate of drug-likeness (QED) is 0.277. The number of carboxylic acid groups (broad SMARTS) is 1. The summed E-state index contributed by atoms with van der Waals surface area (Å²) >= 11 is 0. The van der Waals surface area contributed by atoms with E-state index < -0.39 is 5.97 Å². The second kappa shape index (κ2) is 10.9. The first kappa shape index (κ1) is 24.5. The lowest BCUT2D eigenvalue weighted by molar-refractivity contribution is -0.137. The van der Waals surface area contributed by atoms with Crippen LogP contribution in [0.4, 0.5) is 5.95 Å². The molecule has 1 aliphatic carbocycles. The van der Waals surface area contributed by atoms with Crippen molar-refractivity contribution >= 4 is 39.8 Å². The van der Waals surface area contributed by atoms with Gasteiger partial charge in [-0.1, -0.05) is 30.3 Å². The number of benzene rings is 2. The second-order valence-electron chi connectivity index (χ2n) is 9.77. The van der Waals surface area contributed by atoms with E-state index in [-0.39, 0.29) is 30.9 Å². The number of aromatic nitrogens is 3. The van der Waals surface area contributed by atoms with Crippen molar-refractivity contribution in [3.63, 3.8) is 0 Å². The lowest BCUT2D eigenvalue weighted by Gasteiger charge is -2.29. The molecule has 4 N–H and O–H groups in total. The van der Waals surface area contributed by atoms with Crippen molar-refractivity contribution in [1.29, 1.82) is 0 Å². The number of carbonyl (C=O) groups is 2. The number of rotatable bonds is 9. The minimum absolute atomic E-state index is 0.0516. The molecular formula is C28H31N5O4. The van der Waals surface area contributed by atoms with E-state index in [4.69, 9.17) is 5.11 Å². The minimum atomic E-state index is -0.910. The molecule has 1 amide bonds. The number of pyridine rings is 1. The summed E-state index contributed by atoms with van der Waals surface area (Å²) in [5.41, 5.74) is 2.99. The predicted octanol–water partition coefficient (Wildman–Crippen LogP) is 3.68. The molecule has 2 aromatic carbocycles. The Balaban J connectivity index is 1.14. The third-order valence-electron chi connectivity index (χ3n) is 7.18. The summed E-state index contributed by atoms with van der Waals surface area (Å²) < 4.78 is 1.46. The van der Waals surface area contributed by atoms with E-state index in [0.29, 0.717) is 29.6 Å². The largest absolute Gasteiger partial charge is 0.481 e. The number of hydrogen-bond acceptors (Lipinski definition) is 5. The highest BCUT2D eigenvalue weighted by Gasteiger charge is 2.22. The van der Waals surface area contributed by atoms with Crippen molar-refractivity contribution in [1.82, 2.24) is 19.9 Å². The number of carbonyl (C=O) groups excluding carboxylic acids is 1. The van der Waals surface area contributed by atoms with Crippen LogP contribution in [0.2, 0.25) is 0 Å². The predicted molar refractivity (Wildman–Crippen MR) is 143 cm³/mol. The summed E-state index contributed by atoms with van der Waals surface area (Å²) in [7, 11) is 0. The molecular weight excluding hydrogens is 470 g/mol. The second-order valence-corrected chi connectivity index (χ2v) is 9.77. The maximum atomic E-state index is 12.8. The fourth-order valence-electron chi connectivity index (χ4n) is 5.20. The number of amides is 1. The Labute approximate surface area is 213 Å². The van der Waals surface area contributed by atoms with Gasteiger partial charge in [0, 0.05) is 30.5 Å². The third-order valence-corrected chi connectivity index (χ3v) is 7.18. The molecule has 0 radical (unpaired) electrons. The summed E-state index contributed by atoms with van der Waals surface area (Å²) in [5.74, 6) is 0.0779. The van der Waals surface area contributed by atoms with Crippen LogP contribution in [-0.2, 0) is 22.6 Å². The maximum Gasteiger partial charge on any atom is 0.303 e. The highest BCUT2D eigenvalue weighted by Crippen LogP contribution is 2.26. The molecule has 2 aromatic heterocycles. The molecule has 5 rings (SSSR count). The maximum absolute atomic E-state index is 12.8. The molecule has 192 valence electrons. The molecule has 9 heteroatoms. The fraction of sp³-hybridized carbons (Fsp3) is 0.357. The van der Waals surface area contributed by atoms with Gasteiger partial charge in [0.25, 0.3) is 5.56 Å². The van der Waals surface area contributed by atoms with Crippen LogP contribution in [0.1, 0.15) is 37.7 Å². The van der Waals surface area contributed by atoms with Crippen LogP contribution < -0.4 is 16.2 Å². The summed E-state index contributed by atoms with van der Waals surface area (Å²) in [5, 5.41) is 16.3. The smallest absolute Gasteiger partial charge is 0.303 e. The van der Waals surface area contributed by atoms with Crippen molar-refractivity contribution in [2.24, 2.45) is 5.92 Å². The number of imidazole rings is 1. The van der Waals surface area contributed by atoms with Gasteiger partial charge in [0.1, 0.15) is 6.54 Å². The Morgan fingerprint density at radius 3 is 2.59 bits per heavy atom.